The van der Waals surface area contributed by atoms with Gasteiger partial charge < -0.3 is 9.84 Å². The summed E-state index contributed by atoms with van der Waals surface area (Å²) in [7, 11) is 0. The summed E-state index contributed by atoms with van der Waals surface area (Å²) in [5, 5.41) is 8.66. The van der Waals surface area contributed by atoms with E-state index in [-0.39, 0.29) is 25.5 Å². The van der Waals surface area contributed by atoms with Crippen LogP contribution in [-0.2, 0) is 6.61 Å². The van der Waals surface area contributed by atoms with Crippen LogP contribution in [0.2, 0.25) is 0 Å². The minimum absolute atomic E-state index is 0.0628. The molecule has 1 heterocycles. The van der Waals surface area contributed by atoms with E-state index in [1.54, 1.807) is 0 Å². The lowest BCUT2D eigenvalue weighted by molar-refractivity contribution is -0.136. The van der Waals surface area contributed by atoms with E-state index in [4.69, 9.17) is 9.84 Å². The summed E-state index contributed by atoms with van der Waals surface area (Å²) in [5.41, 5.74) is 0.377. The second kappa shape index (κ2) is 5.64. The zero-order valence-electron chi connectivity index (χ0n) is 8.37. The van der Waals surface area contributed by atoms with E-state index in [9.17, 15) is 13.2 Å². The van der Waals surface area contributed by atoms with Crippen molar-refractivity contribution in [1.82, 2.24) is 9.97 Å². The van der Waals surface area contributed by atoms with Gasteiger partial charge in [0.15, 0.2) is 0 Å². The molecule has 0 unspecified atom stereocenters. The Hall–Kier alpha value is -1.37. The first-order valence-electron chi connectivity index (χ1n) is 4.62. The summed E-state index contributed by atoms with van der Waals surface area (Å²) in [6.07, 6.45) is -2.59. The third kappa shape index (κ3) is 4.92. The largest absolute Gasteiger partial charge is 0.477 e. The van der Waals surface area contributed by atoms with Gasteiger partial charge in [-0.05, 0) is 6.42 Å². The zero-order chi connectivity index (χ0) is 12.0. The van der Waals surface area contributed by atoms with Gasteiger partial charge in [0.2, 0.25) is 5.88 Å². The Morgan fingerprint density at radius 3 is 2.50 bits per heavy atom. The van der Waals surface area contributed by atoms with Crippen LogP contribution in [0.25, 0.3) is 0 Å². The third-order valence-corrected chi connectivity index (χ3v) is 1.70. The summed E-state index contributed by atoms with van der Waals surface area (Å²) < 4.78 is 40.3. The first kappa shape index (κ1) is 12.7. The Labute approximate surface area is 90.1 Å². The maximum atomic E-state index is 11.8. The SMILES string of the molecule is OCc1cnc(OCCCC(F)(F)F)cn1. The van der Waals surface area contributed by atoms with E-state index >= 15 is 0 Å². The van der Waals surface area contributed by atoms with Crippen molar-refractivity contribution in [3.8, 4) is 5.88 Å². The van der Waals surface area contributed by atoms with Crippen LogP contribution in [-0.4, -0.2) is 27.9 Å². The average Bonchev–Trinajstić information content (AvgIpc) is 2.24. The van der Waals surface area contributed by atoms with Gasteiger partial charge >= 0.3 is 6.18 Å². The van der Waals surface area contributed by atoms with Crippen LogP contribution in [0.15, 0.2) is 12.4 Å². The minimum atomic E-state index is -4.16. The molecule has 4 nitrogen and oxygen atoms in total. The van der Waals surface area contributed by atoms with E-state index in [2.05, 4.69) is 9.97 Å². The lowest BCUT2D eigenvalue weighted by Gasteiger charge is -2.07. The first-order chi connectivity index (χ1) is 7.51. The van der Waals surface area contributed by atoms with Gasteiger partial charge in [-0.3, -0.25) is 4.98 Å². The van der Waals surface area contributed by atoms with Gasteiger partial charge in [0.25, 0.3) is 0 Å². The zero-order valence-corrected chi connectivity index (χ0v) is 8.37. The summed E-state index contributed by atoms with van der Waals surface area (Å²) in [6.45, 7) is -0.298. The van der Waals surface area contributed by atoms with Gasteiger partial charge in [-0.1, -0.05) is 0 Å². The van der Waals surface area contributed by atoms with Crippen molar-refractivity contribution in [2.24, 2.45) is 0 Å². The number of rotatable bonds is 5. The highest BCUT2D eigenvalue weighted by molar-refractivity contribution is 5.06. The Balaban J connectivity index is 2.27. The Morgan fingerprint density at radius 1 is 1.25 bits per heavy atom. The van der Waals surface area contributed by atoms with Crippen molar-refractivity contribution in [1.29, 1.82) is 0 Å². The van der Waals surface area contributed by atoms with Crippen molar-refractivity contribution < 1.29 is 23.0 Å². The summed E-state index contributed by atoms with van der Waals surface area (Å²) >= 11 is 0. The fourth-order valence-electron chi connectivity index (χ4n) is 0.948. The standard InChI is InChI=1S/C9H11F3N2O2/c10-9(11,12)2-1-3-16-8-5-13-7(6-15)4-14-8/h4-5,15H,1-3,6H2. The van der Waals surface area contributed by atoms with Gasteiger partial charge in [0, 0.05) is 6.42 Å². The lowest BCUT2D eigenvalue weighted by Crippen LogP contribution is -2.10. The molecule has 0 atom stereocenters. The minimum Gasteiger partial charge on any atom is -0.477 e. The van der Waals surface area contributed by atoms with E-state index in [0.29, 0.717) is 5.69 Å². The number of alkyl halides is 3. The fraction of sp³-hybridized carbons (Fsp3) is 0.556. The Morgan fingerprint density at radius 2 is 2.00 bits per heavy atom. The van der Waals surface area contributed by atoms with Crippen LogP contribution in [0.1, 0.15) is 18.5 Å². The molecule has 0 aromatic carbocycles. The quantitative estimate of drug-likeness (QED) is 0.790. The molecule has 0 bridgehead atoms. The number of halogens is 3. The molecule has 0 aliphatic rings. The van der Waals surface area contributed by atoms with Crippen LogP contribution in [0.4, 0.5) is 13.2 Å². The molecule has 1 rings (SSSR count). The van der Waals surface area contributed by atoms with Crippen molar-refractivity contribution in [3.63, 3.8) is 0 Å². The maximum absolute atomic E-state index is 11.8. The molecular weight excluding hydrogens is 225 g/mol. The molecule has 0 fully saturated rings. The first-order valence-corrected chi connectivity index (χ1v) is 4.62. The smallest absolute Gasteiger partial charge is 0.389 e. The van der Waals surface area contributed by atoms with Gasteiger partial charge in [0.1, 0.15) is 0 Å². The molecule has 16 heavy (non-hydrogen) atoms. The molecule has 0 saturated heterocycles. The number of nitrogens with zero attached hydrogens (tertiary/aromatic N) is 2. The maximum Gasteiger partial charge on any atom is 0.389 e. The summed E-state index contributed by atoms with van der Waals surface area (Å²) in [6, 6.07) is 0. The predicted molar refractivity (Wildman–Crippen MR) is 48.7 cm³/mol. The normalized spacial score (nSPS) is 11.5. The average molecular weight is 236 g/mol. The number of aliphatic hydroxyl groups excluding tert-OH is 1. The number of aliphatic hydroxyl groups is 1. The van der Waals surface area contributed by atoms with Crippen LogP contribution in [0.5, 0.6) is 5.88 Å². The highest BCUT2D eigenvalue weighted by Gasteiger charge is 2.26. The predicted octanol–water partition coefficient (Wildman–Crippen LogP) is 1.69. The van der Waals surface area contributed by atoms with Crippen LogP contribution >= 0.6 is 0 Å². The topological polar surface area (TPSA) is 55.2 Å². The van der Waals surface area contributed by atoms with Gasteiger partial charge in [-0.25, -0.2) is 4.98 Å². The fourth-order valence-corrected chi connectivity index (χ4v) is 0.948. The third-order valence-electron chi connectivity index (χ3n) is 1.70. The van der Waals surface area contributed by atoms with E-state index in [1.165, 1.54) is 12.4 Å². The monoisotopic (exact) mass is 236 g/mol. The van der Waals surface area contributed by atoms with Crippen molar-refractivity contribution in [2.45, 2.75) is 25.6 Å². The Bertz CT molecular complexity index is 314. The molecule has 0 spiro atoms. The van der Waals surface area contributed by atoms with Crippen molar-refractivity contribution in [3.05, 3.63) is 18.1 Å². The van der Waals surface area contributed by atoms with Gasteiger partial charge in [-0.15, -0.1) is 0 Å². The van der Waals surface area contributed by atoms with Gasteiger partial charge in [-0.2, -0.15) is 13.2 Å². The molecular formula is C9H11F3N2O2. The number of hydrogen-bond donors (Lipinski definition) is 1. The lowest BCUT2D eigenvalue weighted by atomic mass is 10.3. The molecule has 0 aliphatic carbocycles. The van der Waals surface area contributed by atoms with Crippen molar-refractivity contribution >= 4 is 0 Å². The number of hydrogen-bond acceptors (Lipinski definition) is 4. The second-order valence-corrected chi connectivity index (χ2v) is 3.07. The summed E-state index contributed by atoms with van der Waals surface area (Å²) in [4.78, 5) is 7.52. The number of ether oxygens (including phenoxy) is 1. The molecule has 1 aromatic rings. The molecule has 90 valence electrons. The Kier molecular flexibility index (Phi) is 4.48. The molecule has 0 radical (unpaired) electrons. The van der Waals surface area contributed by atoms with Crippen LogP contribution in [0, 0.1) is 0 Å². The molecule has 0 amide bonds. The molecule has 0 aliphatic heterocycles. The molecule has 1 N–H and O–H groups in total. The molecule has 0 saturated carbocycles. The van der Waals surface area contributed by atoms with E-state index in [1.807, 2.05) is 0 Å². The summed E-state index contributed by atoms with van der Waals surface area (Å²) in [5.74, 6) is 0.152. The molecule has 1 aromatic heterocycles. The second-order valence-electron chi connectivity index (χ2n) is 3.07. The number of aromatic nitrogens is 2. The van der Waals surface area contributed by atoms with Crippen LogP contribution < -0.4 is 4.74 Å². The van der Waals surface area contributed by atoms with Crippen molar-refractivity contribution in [2.75, 3.05) is 6.61 Å². The highest BCUT2D eigenvalue weighted by atomic mass is 19.4. The van der Waals surface area contributed by atoms with E-state index in [0.717, 1.165) is 0 Å². The van der Waals surface area contributed by atoms with Crippen LogP contribution in [0.3, 0.4) is 0 Å². The highest BCUT2D eigenvalue weighted by Crippen LogP contribution is 2.21. The molecule has 7 heteroatoms. The van der Waals surface area contributed by atoms with E-state index < -0.39 is 12.6 Å². The van der Waals surface area contributed by atoms with Gasteiger partial charge in [0.05, 0.1) is 31.3 Å².